The Kier molecular flexibility index (Phi) is 8.16. The monoisotopic (exact) mass is 470 g/mol. The fourth-order valence-electron chi connectivity index (χ4n) is 3.32. The molecule has 2 aromatic carbocycles. The van der Waals surface area contributed by atoms with Crippen molar-refractivity contribution in [1.29, 1.82) is 0 Å². The molecule has 0 radical (unpaired) electrons. The molecule has 1 amide bonds. The van der Waals surface area contributed by atoms with Crippen LogP contribution in [0.5, 0.6) is 0 Å². The second-order valence-corrected chi connectivity index (χ2v) is 10.6. The SMILES string of the molecule is O=C(NCCSCc1cccc(Cl)c1)C1CCN(S(=O)(=O)c2ccc(F)cc2)CC1. The average Bonchev–Trinajstić information content (AvgIpc) is 2.74. The Morgan fingerprint density at radius 3 is 2.53 bits per heavy atom. The summed E-state index contributed by atoms with van der Waals surface area (Å²) in [6.07, 6.45) is 0.948. The summed E-state index contributed by atoms with van der Waals surface area (Å²) in [6.45, 7) is 1.13. The zero-order chi connectivity index (χ0) is 21.6. The zero-order valence-electron chi connectivity index (χ0n) is 16.4. The van der Waals surface area contributed by atoms with Gasteiger partial charge in [0.15, 0.2) is 0 Å². The lowest BCUT2D eigenvalue weighted by Gasteiger charge is -2.30. The quantitative estimate of drug-likeness (QED) is 0.593. The predicted molar refractivity (Wildman–Crippen MR) is 119 cm³/mol. The third-order valence-corrected chi connectivity index (χ3v) is 8.16. The Morgan fingerprint density at radius 1 is 1.17 bits per heavy atom. The molecule has 0 spiro atoms. The number of piperidine rings is 1. The van der Waals surface area contributed by atoms with Crippen LogP contribution in [0.15, 0.2) is 53.4 Å². The molecule has 1 N–H and O–H groups in total. The highest BCUT2D eigenvalue weighted by atomic mass is 35.5. The molecule has 1 aliphatic heterocycles. The molecule has 3 rings (SSSR count). The van der Waals surface area contributed by atoms with E-state index in [0.717, 1.165) is 29.2 Å². The van der Waals surface area contributed by atoms with Crippen LogP contribution in [0.4, 0.5) is 4.39 Å². The van der Waals surface area contributed by atoms with Crippen LogP contribution in [0.1, 0.15) is 18.4 Å². The highest BCUT2D eigenvalue weighted by Crippen LogP contribution is 2.24. The Hall–Kier alpha value is -1.61. The topological polar surface area (TPSA) is 66.5 Å². The standard InChI is InChI=1S/C21H24ClFN2O3S2/c22-18-3-1-2-16(14-18)15-29-13-10-24-21(26)17-8-11-25(12-9-17)30(27,28)20-6-4-19(23)5-7-20/h1-7,14,17H,8-13,15H2,(H,24,26). The Morgan fingerprint density at radius 2 is 1.87 bits per heavy atom. The molecule has 0 saturated carbocycles. The number of thioether (sulfide) groups is 1. The number of benzene rings is 2. The third kappa shape index (κ3) is 6.20. The molecule has 1 heterocycles. The molecule has 0 bridgehead atoms. The molecule has 30 heavy (non-hydrogen) atoms. The van der Waals surface area contributed by atoms with Gasteiger partial charge in [-0.1, -0.05) is 23.7 Å². The smallest absolute Gasteiger partial charge is 0.243 e. The number of nitrogens with zero attached hydrogens (tertiary/aromatic N) is 1. The van der Waals surface area contributed by atoms with Crippen molar-refractivity contribution in [3.8, 4) is 0 Å². The summed E-state index contributed by atoms with van der Waals surface area (Å²) in [5.41, 5.74) is 1.15. The predicted octanol–water partition coefficient (Wildman–Crippen LogP) is 3.93. The lowest BCUT2D eigenvalue weighted by atomic mass is 9.97. The minimum Gasteiger partial charge on any atom is -0.355 e. The van der Waals surface area contributed by atoms with Gasteiger partial charge in [-0.25, -0.2) is 12.8 Å². The van der Waals surface area contributed by atoms with E-state index in [9.17, 15) is 17.6 Å². The van der Waals surface area contributed by atoms with Crippen molar-refractivity contribution in [2.45, 2.75) is 23.5 Å². The number of rotatable bonds is 8. The molecule has 0 aromatic heterocycles. The number of amides is 1. The fraction of sp³-hybridized carbons (Fsp3) is 0.381. The van der Waals surface area contributed by atoms with E-state index in [1.807, 2.05) is 24.3 Å². The van der Waals surface area contributed by atoms with Crippen LogP contribution in [0.3, 0.4) is 0 Å². The van der Waals surface area contributed by atoms with Gasteiger partial charge < -0.3 is 5.32 Å². The molecule has 1 aliphatic rings. The van der Waals surface area contributed by atoms with Gasteiger partial charge in [0.2, 0.25) is 15.9 Å². The van der Waals surface area contributed by atoms with Gasteiger partial charge in [0.05, 0.1) is 4.90 Å². The number of hydrogen-bond donors (Lipinski definition) is 1. The highest BCUT2D eigenvalue weighted by molar-refractivity contribution is 7.98. The first kappa shape index (κ1) is 23.1. The molecule has 0 unspecified atom stereocenters. The molecule has 162 valence electrons. The molecule has 1 saturated heterocycles. The highest BCUT2D eigenvalue weighted by Gasteiger charge is 2.31. The van der Waals surface area contributed by atoms with E-state index < -0.39 is 15.8 Å². The van der Waals surface area contributed by atoms with Crippen molar-refractivity contribution >= 4 is 39.3 Å². The van der Waals surface area contributed by atoms with Crippen LogP contribution in [0.2, 0.25) is 5.02 Å². The second kappa shape index (κ2) is 10.6. The molecule has 0 atom stereocenters. The summed E-state index contributed by atoms with van der Waals surface area (Å²) in [5.74, 6) is 0.918. The minimum absolute atomic E-state index is 0.0304. The molecule has 2 aromatic rings. The van der Waals surface area contributed by atoms with Crippen molar-refractivity contribution in [2.24, 2.45) is 5.92 Å². The van der Waals surface area contributed by atoms with Crippen LogP contribution in [-0.2, 0) is 20.6 Å². The van der Waals surface area contributed by atoms with E-state index >= 15 is 0 Å². The van der Waals surface area contributed by atoms with Crippen LogP contribution in [0.25, 0.3) is 0 Å². The molecular weight excluding hydrogens is 447 g/mol. The van der Waals surface area contributed by atoms with E-state index in [1.54, 1.807) is 11.8 Å². The van der Waals surface area contributed by atoms with Crippen molar-refractivity contribution < 1.29 is 17.6 Å². The first-order chi connectivity index (χ1) is 14.4. The first-order valence-corrected chi connectivity index (χ1v) is 12.7. The second-order valence-electron chi connectivity index (χ2n) is 7.11. The summed E-state index contributed by atoms with van der Waals surface area (Å²) < 4.78 is 39.7. The van der Waals surface area contributed by atoms with Crippen LogP contribution >= 0.6 is 23.4 Å². The zero-order valence-corrected chi connectivity index (χ0v) is 18.8. The Balaban J connectivity index is 1.39. The van der Waals surface area contributed by atoms with Gasteiger partial charge in [-0.2, -0.15) is 16.1 Å². The van der Waals surface area contributed by atoms with Gasteiger partial charge in [0, 0.05) is 42.1 Å². The molecule has 1 fully saturated rings. The average molecular weight is 471 g/mol. The lowest BCUT2D eigenvalue weighted by molar-refractivity contribution is -0.125. The number of sulfonamides is 1. The van der Waals surface area contributed by atoms with E-state index in [2.05, 4.69) is 5.32 Å². The molecule has 5 nitrogen and oxygen atoms in total. The summed E-state index contributed by atoms with van der Waals surface area (Å²) in [7, 11) is -3.66. The van der Waals surface area contributed by atoms with Crippen LogP contribution in [-0.4, -0.2) is 44.0 Å². The van der Waals surface area contributed by atoms with Crippen LogP contribution < -0.4 is 5.32 Å². The molecule has 0 aliphatic carbocycles. The number of carbonyl (C=O) groups excluding carboxylic acids is 1. The van der Waals surface area contributed by atoms with Gasteiger partial charge in [-0.3, -0.25) is 4.79 Å². The largest absolute Gasteiger partial charge is 0.355 e. The van der Waals surface area contributed by atoms with E-state index in [1.165, 1.54) is 16.4 Å². The van der Waals surface area contributed by atoms with Gasteiger partial charge in [0.25, 0.3) is 0 Å². The van der Waals surface area contributed by atoms with Gasteiger partial charge in [-0.15, -0.1) is 0 Å². The van der Waals surface area contributed by atoms with Gasteiger partial charge in [-0.05, 0) is 54.8 Å². The van der Waals surface area contributed by atoms with E-state index in [-0.39, 0.29) is 29.8 Å². The van der Waals surface area contributed by atoms with Crippen LogP contribution in [0, 0.1) is 11.7 Å². The third-order valence-electron chi connectivity index (χ3n) is 4.98. The van der Waals surface area contributed by atoms with Crippen molar-refractivity contribution in [2.75, 3.05) is 25.4 Å². The normalized spacial score (nSPS) is 15.8. The first-order valence-electron chi connectivity index (χ1n) is 9.72. The van der Waals surface area contributed by atoms with E-state index in [0.29, 0.717) is 24.4 Å². The minimum atomic E-state index is -3.66. The maximum atomic E-state index is 13.1. The van der Waals surface area contributed by atoms with Crippen molar-refractivity contribution in [1.82, 2.24) is 9.62 Å². The number of carbonyl (C=O) groups is 1. The maximum Gasteiger partial charge on any atom is 0.243 e. The number of hydrogen-bond acceptors (Lipinski definition) is 4. The fourth-order valence-corrected chi connectivity index (χ4v) is 5.81. The Bertz CT molecular complexity index is 962. The van der Waals surface area contributed by atoms with E-state index in [4.69, 9.17) is 11.6 Å². The molecular formula is C21H24ClFN2O3S2. The summed E-state index contributed by atoms with van der Waals surface area (Å²) in [4.78, 5) is 12.5. The summed E-state index contributed by atoms with van der Waals surface area (Å²) in [5, 5.41) is 3.66. The lowest BCUT2D eigenvalue weighted by Crippen LogP contribution is -2.43. The Labute approximate surface area is 186 Å². The summed E-state index contributed by atoms with van der Waals surface area (Å²) in [6, 6.07) is 12.5. The number of nitrogens with one attached hydrogen (secondary N) is 1. The molecule has 9 heteroatoms. The van der Waals surface area contributed by atoms with Gasteiger partial charge in [0.1, 0.15) is 5.82 Å². The van der Waals surface area contributed by atoms with Crippen molar-refractivity contribution in [3.05, 3.63) is 64.9 Å². The summed E-state index contributed by atoms with van der Waals surface area (Å²) >= 11 is 7.69. The maximum absolute atomic E-state index is 13.1. The number of halogens is 2. The van der Waals surface area contributed by atoms with Crippen molar-refractivity contribution in [3.63, 3.8) is 0 Å². The van der Waals surface area contributed by atoms with Gasteiger partial charge >= 0.3 is 0 Å².